The van der Waals surface area contributed by atoms with E-state index in [0.717, 1.165) is 12.1 Å². The molecule has 1 aromatic carbocycles. The van der Waals surface area contributed by atoms with Crippen molar-refractivity contribution in [2.24, 2.45) is 5.73 Å². The standard InChI is InChI=1S/C14H18N4O/c1-2-18-10-9-16-13(14(18)19)17-12-5-3-11(4-6-12)7-8-15/h3-6,9-10H,2,7-8,15H2,1H3,(H,16,17). The van der Waals surface area contributed by atoms with E-state index in [9.17, 15) is 4.79 Å². The molecule has 0 atom stereocenters. The third-order valence-corrected chi connectivity index (χ3v) is 2.90. The molecule has 5 nitrogen and oxygen atoms in total. The minimum absolute atomic E-state index is 0.115. The van der Waals surface area contributed by atoms with E-state index in [0.29, 0.717) is 18.9 Å². The molecule has 1 aromatic heterocycles. The van der Waals surface area contributed by atoms with Gasteiger partial charge in [-0.1, -0.05) is 12.1 Å². The monoisotopic (exact) mass is 258 g/mol. The molecule has 2 rings (SSSR count). The molecule has 0 aliphatic carbocycles. The lowest BCUT2D eigenvalue weighted by Crippen LogP contribution is -2.22. The SMILES string of the molecule is CCn1ccnc(Nc2ccc(CCN)cc2)c1=O. The largest absolute Gasteiger partial charge is 0.336 e. The first-order valence-corrected chi connectivity index (χ1v) is 6.36. The number of aryl methyl sites for hydroxylation is 1. The highest BCUT2D eigenvalue weighted by Crippen LogP contribution is 2.13. The van der Waals surface area contributed by atoms with Crippen molar-refractivity contribution in [3.63, 3.8) is 0 Å². The van der Waals surface area contributed by atoms with E-state index >= 15 is 0 Å². The number of hydrogen-bond acceptors (Lipinski definition) is 4. The summed E-state index contributed by atoms with van der Waals surface area (Å²) in [7, 11) is 0. The van der Waals surface area contributed by atoms with E-state index in [1.807, 2.05) is 31.2 Å². The Hall–Kier alpha value is -2.14. The van der Waals surface area contributed by atoms with E-state index < -0.39 is 0 Å². The third-order valence-electron chi connectivity index (χ3n) is 2.90. The predicted molar refractivity (Wildman–Crippen MR) is 76.7 cm³/mol. The fraction of sp³-hybridized carbons (Fsp3) is 0.286. The summed E-state index contributed by atoms with van der Waals surface area (Å²) in [6.45, 7) is 3.19. The number of nitrogens with one attached hydrogen (secondary N) is 1. The van der Waals surface area contributed by atoms with Crippen LogP contribution in [-0.2, 0) is 13.0 Å². The van der Waals surface area contributed by atoms with Crippen LogP contribution in [0.25, 0.3) is 0 Å². The second kappa shape index (κ2) is 6.15. The summed E-state index contributed by atoms with van der Waals surface area (Å²) in [5.74, 6) is 0.343. The second-order valence-electron chi connectivity index (χ2n) is 4.23. The zero-order chi connectivity index (χ0) is 13.7. The summed E-state index contributed by atoms with van der Waals surface area (Å²) >= 11 is 0. The number of benzene rings is 1. The summed E-state index contributed by atoms with van der Waals surface area (Å²) in [5, 5.41) is 3.04. The van der Waals surface area contributed by atoms with Gasteiger partial charge in [0.1, 0.15) is 0 Å². The predicted octanol–water partition coefficient (Wildman–Crippen LogP) is 1.51. The number of nitrogens with two attached hydrogens (primary N) is 1. The van der Waals surface area contributed by atoms with Gasteiger partial charge in [-0.2, -0.15) is 0 Å². The van der Waals surface area contributed by atoms with E-state index in [2.05, 4.69) is 10.3 Å². The van der Waals surface area contributed by atoms with Gasteiger partial charge >= 0.3 is 0 Å². The molecular weight excluding hydrogens is 240 g/mol. The fourth-order valence-electron chi connectivity index (χ4n) is 1.84. The van der Waals surface area contributed by atoms with Gasteiger partial charge in [0.15, 0.2) is 5.82 Å². The number of nitrogens with zero attached hydrogens (tertiary/aromatic N) is 2. The molecule has 5 heteroatoms. The molecule has 2 aromatic rings. The van der Waals surface area contributed by atoms with Gasteiger partial charge in [0, 0.05) is 24.6 Å². The van der Waals surface area contributed by atoms with Gasteiger partial charge < -0.3 is 15.6 Å². The highest BCUT2D eigenvalue weighted by atomic mass is 16.1. The number of anilines is 2. The molecule has 0 saturated carbocycles. The number of rotatable bonds is 5. The molecule has 0 unspecified atom stereocenters. The van der Waals surface area contributed by atoms with E-state index in [1.165, 1.54) is 5.56 Å². The maximum atomic E-state index is 12.0. The molecule has 0 radical (unpaired) electrons. The Bertz CT molecular complexity index is 589. The lowest BCUT2D eigenvalue weighted by molar-refractivity contribution is 0.720. The Kier molecular flexibility index (Phi) is 4.30. The van der Waals surface area contributed by atoms with Gasteiger partial charge in [0.25, 0.3) is 5.56 Å². The highest BCUT2D eigenvalue weighted by molar-refractivity contribution is 5.55. The topological polar surface area (TPSA) is 72.9 Å². The van der Waals surface area contributed by atoms with Crippen molar-refractivity contribution in [2.45, 2.75) is 19.9 Å². The van der Waals surface area contributed by atoms with Crippen LogP contribution >= 0.6 is 0 Å². The van der Waals surface area contributed by atoms with Crippen LogP contribution < -0.4 is 16.6 Å². The van der Waals surface area contributed by atoms with Crippen molar-refractivity contribution in [1.29, 1.82) is 0 Å². The maximum Gasteiger partial charge on any atom is 0.293 e. The van der Waals surface area contributed by atoms with Gasteiger partial charge in [-0.05, 0) is 37.6 Å². The van der Waals surface area contributed by atoms with Crippen LogP contribution in [0.5, 0.6) is 0 Å². The molecule has 100 valence electrons. The van der Waals surface area contributed by atoms with Crippen molar-refractivity contribution in [3.05, 3.63) is 52.6 Å². The molecule has 0 aliphatic rings. The van der Waals surface area contributed by atoms with Crippen LogP contribution in [-0.4, -0.2) is 16.1 Å². The summed E-state index contributed by atoms with van der Waals surface area (Å²) in [5.41, 5.74) is 7.42. The number of hydrogen-bond donors (Lipinski definition) is 2. The second-order valence-corrected chi connectivity index (χ2v) is 4.23. The summed E-state index contributed by atoms with van der Waals surface area (Å²) in [6.07, 6.45) is 4.15. The van der Waals surface area contributed by atoms with Crippen LogP contribution in [0.4, 0.5) is 11.5 Å². The van der Waals surface area contributed by atoms with Crippen molar-refractivity contribution in [2.75, 3.05) is 11.9 Å². The zero-order valence-electron chi connectivity index (χ0n) is 11.0. The molecule has 0 aliphatic heterocycles. The molecule has 19 heavy (non-hydrogen) atoms. The molecule has 0 saturated heterocycles. The third kappa shape index (κ3) is 3.20. The van der Waals surface area contributed by atoms with Crippen molar-refractivity contribution >= 4 is 11.5 Å². The fourth-order valence-corrected chi connectivity index (χ4v) is 1.84. The molecule has 0 bridgehead atoms. The maximum absolute atomic E-state index is 12.0. The first kappa shape index (κ1) is 13.3. The molecule has 0 fully saturated rings. The lowest BCUT2D eigenvalue weighted by atomic mass is 10.1. The average Bonchev–Trinajstić information content (AvgIpc) is 2.43. The molecule has 0 amide bonds. The minimum Gasteiger partial charge on any atom is -0.336 e. The molecular formula is C14H18N4O. The Balaban J connectivity index is 2.19. The Morgan fingerprint density at radius 1 is 1.32 bits per heavy atom. The van der Waals surface area contributed by atoms with Crippen molar-refractivity contribution in [3.8, 4) is 0 Å². The normalized spacial score (nSPS) is 10.4. The van der Waals surface area contributed by atoms with E-state index in [4.69, 9.17) is 5.73 Å². The van der Waals surface area contributed by atoms with Crippen molar-refractivity contribution in [1.82, 2.24) is 9.55 Å². The molecule has 0 spiro atoms. The van der Waals surface area contributed by atoms with E-state index in [-0.39, 0.29) is 5.56 Å². The first-order valence-electron chi connectivity index (χ1n) is 6.36. The smallest absolute Gasteiger partial charge is 0.293 e. The summed E-state index contributed by atoms with van der Waals surface area (Å²) in [4.78, 5) is 16.1. The Morgan fingerprint density at radius 2 is 2.05 bits per heavy atom. The zero-order valence-corrected chi connectivity index (χ0v) is 11.0. The van der Waals surface area contributed by atoms with Crippen LogP contribution in [0.15, 0.2) is 41.5 Å². The minimum atomic E-state index is -0.115. The highest BCUT2D eigenvalue weighted by Gasteiger charge is 2.03. The quantitative estimate of drug-likeness (QED) is 0.852. The van der Waals surface area contributed by atoms with Crippen LogP contribution in [0.1, 0.15) is 12.5 Å². The Morgan fingerprint density at radius 3 is 2.68 bits per heavy atom. The van der Waals surface area contributed by atoms with Crippen LogP contribution in [0.3, 0.4) is 0 Å². The average molecular weight is 258 g/mol. The van der Waals surface area contributed by atoms with Gasteiger partial charge in [-0.15, -0.1) is 0 Å². The van der Waals surface area contributed by atoms with Gasteiger partial charge in [0.2, 0.25) is 0 Å². The first-order chi connectivity index (χ1) is 9.24. The van der Waals surface area contributed by atoms with Gasteiger partial charge in [-0.25, -0.2) is 4.98 Å². The van der Waals surface area contributed by atoms with Gasteiger partial charge in [-0.3, -0.25) is 4.79 Å². The van der Waals surface area contributed by atoms with Gasteiger partial charge in [0.05, 0.1) is 0 Å². The summed E-state index contributed by atoms with van der Waals surface area (Å²) in [6, 6.07) is 7.85. The molecule has 1 heterocycles. The summed E-state index contributed by atoms with van der Waals surface area (Å²) < 4.78 is 1.61. The molecule has 3 N–H and O–H groups in total. The lowest BCUT2D eigenvalue weighted by Gasteiger charge is -2.08. The Labute approximate surface area is 112 Å². The van der Waals surface area contributed by atoms with Crippen molar-refractivity contribution < 1.29 is 0 Å². The number of aromatic nitrogens is 2. The van der Waals surface area contributed by atoms with Crippen LogP contribution in [0, 0.1) is 0 Å². The van der Waals surface area contributed by atoms with E-state index in [1.54, 1.807) is 17.0 Å². The van der Waals surface area contributed by atoms with Crippen LogP contribution in [0.2, 0.25) is 0 Å².